The van der Waals surface area contributed by atoms with Crippen LogP contribution < -0.4 is 0 Å². The van der Waals surface area contributed by atoms with E-state index >= 15 is 0 Å². The van der Waals surface area contributed by atoms with Crippen LogP contribution in [0.2, 0.25) is 0 Å². The van der Waals surface area contributed by atoms with Crippen LogP contribution in [0.5, 0.6) is 0 Å². The highest BCUT2D eigenvalue weighted by Crippen LogP contribution is 2.30. The Labute approximate surface area is 93.1 Å². The van der Waals surface area contributed by atoms with E-state index in [1.165, 1.54) is 11.8 Å². The van der Waals surface area contributed by atoms with E-state index in [0.717, 1.165) is 0 Å². The largest absolute Gasteiger partial charge is 0.394 e. The lowest BCUT2D eigenvalue weighted by Crippen LogP contribution is -2.57. The number of hydrogen-bond donors (Lipinski definition) is 4. The van der Waals surface area contributed by atoms with Crippen LogP contribution >= 0.6 is 11.8 Å². The minimum atomic E-state index is -1.27. The Kier molecular flexibility index (Phi) is 4.82. The van der Waals surface area contributed by atoms with Gasteiger partial charge in [0.25, 0.3) is 0 Å². The third kappa shape index (κ3) is 3.05. The zero-order valence-electron chi connectivity index (χ0n) is 8.78. The third-order valence-corrected chi connectivity index (χ3v) is 3.46. The van der Waals surface area contributed by atoms with Crippen LogP contribution in [0.3, 0.4) is 0 Å². The van der Waals surface area contributed by atoms with Gasteiger partial charge in [-0.25, -0.2) is 0 Å². The lowest BCUT2D eigenvalue weighted by Gasteiger charge is -2.40. The maximum atomic E-state index is 9.63. The predicted molar refractivity (Wildman–Crippen MR) is 56.5 cm³/mol. The fourth-order valence-corrected chi connectivity index (χ4v) is 2.51. The smallest absolute Gasteiger partial charge is 0.132 e. The van der Waals surface area contributed by atoms with Gasteiger partial charge in [0, 0.05) is 5.25 Å². The molecule has 1 aliphatic heterocycles. The summed E-state index contributed by atoms with van der Waals surface area (Å²) in [4.78, 5) is 0. The Morgan fingerprint density at radius 2 is 1.73 bits per heavy atom. The van der Waals surface area contributed by atoms with Crippen LogP contribution in [0.15, 0.2) is 0 Å². The molecular formula is C9H18O5S. The van der Waals surface area contributed by atoms with Gasteiger partial charge in [-0.05, 0) is 0 Å². The third-order valence-electron chi connectivity index (χ3n) is 2.25. The standard InChI is InChI=1S/C9H18O5S/c1-4(2)15-9-8(13)7(12)6(11)5(3-10)14-9/h4-13H,3H2,1-2H3/t5-,6-,7-,8+,9-/m0/s1. The zero-order valence-corrected chi connectivity index (χ0v) is 9.59. The molecule has 4 N–H and O–H groups in total. The first-order valence-electron chi connectivity index (χ1n) is 4.93. The van der Waals surface area contributed by atoms with Crippen molar-refractivity contribution in [3.8, 4) is 0 Å². The van der Waals surface area contributed by atoms with Gasteiger partial charge >= 0.3 is 0 Å². The van der Waals surface area contributed by atoms with Crippen molar-refractivity contribution >= 4 is 11.8 Å². The van der Waals surface area contributed by atoms with Crippen molar-refractivity contribution < 1.29 is 25.2 Å². The number of hydrogen-bond acceptors (Lipinski definition) is 6. The second-order valence-electron chi connectivity index (χ2n) is 3.88. The van der Waals surface area contributed by atoms with E-state index in [2.05, 4.69) is 0 Å². The van der Waals surface area contributed by atoms with Crippen molar-refractivity contribution in [3.05, 3.63) is 0 Å². The molecule has 0 saturated carbocycles. The van der Waals surface area contributed by atoms with Crippen LogP contribution in [0.1, 0.15) is 13.8 Å². The SMILES string of the molecule is CC(C)S[C@@H]1O[C@@H](CO)[C@H](O)[C@H](O)[C@H]1O. The van der Waals surface area contributed by atoms with Crippen molar-refractivity contribution in [2.75, 3.05) is 6.61 Å². The first-order chi connectivity index (χ1) is 6.97. The highest BCUT2D eigenvalue weighted by atomic mass is 32.2. The lowest BCUT2D eigenvalue weighted by molar-refractivity contribution is -0.205. The normalized spacial score (nSPS) is 42.2. The molecule has 0 unspecified atom stereocenters. The second kappa shape index (κ2) is 5.47. The van der Waals surface area contributed by atoms with E-state index in [0.29, 0.717) is 0 Å². The summed E-state index contributed by atoms with van der Waals surface area (Å²) in [6.45, 7) is 3.50. The van der Waals surface area contributed by atoms with Gasteiger partial charge in [0.05, 0.1) is 6.61 Å². The van der Waals surface area contributed by atoms with Gasteiger partial charge in [-0.1, -0.05) is 13.8 Å². The maximum absolute atomic E-state index is 9.63. The van der Waals surface area contributed by atoms with E-state index in [4.69, 9.17) is 9.84 Å². The average Bonchev–Trinajstić information content (AvgIpc) is 2.18. The monoisotopic (exact) mass is 238 g/mol. The Balaban J connectivity index is 2.65. The van der Waals surface area contributed by atoms with Gasteiger partial charge in [0.15, 0.2) is 0 Å². The second-order valence-corrected chi connectivity index (χ2v) is 5.56. The molecule has 0 bridgehead atoms. The molecule has 15 heavy (non-hydrogen) atoms. The molecule has 90 valence electrons. The van der Waals surface area contributed by atoms with E-state index in [1.54, 1.807) is 0 Å². The topological polar surface area (TPSA) is 90.2 Å². The lowest BCUT2D eigenvalue weighted by atomic mass is 10.0. The maximum Gasteiger partial charge on any atom is 0.132 e. The average molecular weight is 238 g/mol. The van der Waals surface area contributed by atoms with Crippen LogP contribution in [-0.4, -0.2) is 62.1 Å². The quantitative estimate of drug-likeness (QED) is 0.500. The molecule has 1 saturated heterocycles. The minimum absolute atomic E-state index is 0.228. The van der Waals surface area contributed by atoms with Gasteiger partial charge in [-0.15, -0.1) is 11.8 Å². The molecule has 1 heterocycles. The highest BCUT2D eigenvalue weighted by Gasteiger charge is 2.43. The van der Waals surface area contributed by atoms with Gasteiger partial charge in [-0.2, -0.15) is 0 Å². The molecule has 0 aromatic carbocycles. The van der Waals surface area contributed by atoms with Gasteiger partial charge in [0.1, 0.15) is 29.9 Å². The molecule has 0 aliphatic carbocycles. The zero-order chi connectivity index (χ0) is 11.6. The molecule has 0 radical (unpaired) electrons. The first-order valence-corrected chi connectivity index (χ1v) is 5.87. The van der Waals surface area contributed by atoms with E-state index < -0.39 is 29.9 Å². The summed E-state index contributed by atoms with van der Waals surface area (Å²) in [7, 11) is 0. The number of rotatable bonds is 3. The van der Waals surface area contributed by atoms with Crippen molar-refractivity contribution in [1.82, 2.24) is 0 Å². The summed E-state index contributed by atoms with van der Waals surface area (Å²) in [5.41, 5.74) is -0.611. The molecule has 5 atom stereocenters. The van der Waals surface area contributed by atoms with E-state index in [-0.39, 0.29) is 11.9 Å². The first kappa shape index (κ1) is 13.2. The van der Waals surface area contributed by atoms with E-state index in [1.807, 2.05) is 13.8 Å². The summed E-state index contributed by atoms with van der Waals surface area (Å²) in [5, 5.41) is 37.8. The predicted octanol–water partition coefficient (Wildman–Crippen LogP) is -1.07. The van der Waals surface area contributed by atoms with Crippen LogP contribution in [0.4, 0.5) is 0 Å². The molecule has 0 aromatic rings. The Morgan fingerprint density at radius 1 is 1.13 bits per heavy atom. The summed E-state index contributed by atoms with van der Waals surface area (Å²) < 4.78 is 5.29. The molecule has 5 nitrogen and oxygen atoms in total. The Hall–Kier alpha value is 0.150. The molecule has 1 fully saturated rings. The Morgan fingerprint density at radius 3 is 2.20 bits per heavy atom. The van der Waals surface area contributed by atoms with Gasteiger partial charge in [0.2, 0.25) is 0 Å². The van der Waals surface area contributed by atoms with Gasteiger partial charge < -0.3 is 25.2 Å². The minimum Gasteiger partial charge on any atom is -0.394 e. The molecule has 0 amide bonds. The molecule has 6 heteroatoms. The summed E-state index contributed by atoms with van der Waals surface area (Å²) in [6, 6.07) is 0. The van der Waals surface area contributed by atoms with E-state index in [9.17, 15) is 15.3 Å². The number of aliphatic hydroxyl groups excluding tert-OH is 4. The molecular weight excluding hydrogens is 220 g/mol. The van der Waals surface area contributed by atoms with Crippen LogP contribution in [-0.2, 0) is 4.74 Å². The van der Waals surface area contributed by atoms with Crippen molar-refractivity contribution in [2.24, 2.45) is 0 Å². The summed E-state index contributed by atoms with van der Waals surface area (Å²) in [5.74, 6) is 0. The summed E-state index contributed by atoms with van der Waals surface area (Å²) in [6.07, 6.45) is -4.48. The fourth-order valence-electron chi connectivity index (χ4n) is 1.45. The highest BCUT2D eigenvalue weighted by molar-refractivity contribution is 8.00. The van der Waals surface area contributed by atoms with Crippen LogP contribution in [0, 0.1) is 0 Å². The van der Waals surface area contributed by atoms with Crippen molar-refractivity contribution in [3.63, 3.8) is 0 Å². The van der Waals surface area contributed by atoms with Gasteiger partial charge in [-0.3, -0.25) is 0 Å². The fraction of sp³-hybridized carbons (Fsp3) is 1.00. The summed E-state index contributed by atoms with van der Waals surface area (Å²) >= 11 is 1.35. The molecule has 1 rings (SSSR count). The molecule has 1 aliphatic rings. The molecule has 0 aromatic heterocycles. The number of thioether (sulfide) groups is 1. The van der Waals surface area contributed by atoms with Crippen molar-refractivity contribution in [2.45, 2.75) is 48.9 Å². The van der Waals surface area contributed by atoms with Crippen molar-refractivity contribution in [1.29, 1.82) is 0 Å². The molecule has 0 spiro atoms. The number of ether oxygens (including phenoxy) is 1. The Bertz CT molecular complexity index is 199. The number of aliphatic hydroxyl groups is 4. The van der Waals surface area contributed by atoms with Crippen LogP contribution in [0.25, 0.3) is 0 Å².